The zero-order chi connectivity index (χ0) is 19.3. The zero-order valence-corrected chi connectivity index (χ0v) is 16.5. The summed E-state index contributed by atoms with van der Waals surface area (Å²) in [4.78, 5) is 0.277. The second-order valence-electron chi connectivity index (χ2n) is 6.43. The van der Waals surface area contributed by atoms with Crippen LogP contribution in [0.5, 0.6) is 0 Å². The molecule has 1 saturated heterocycles. The summed E-state index contributed by atoms with van der Waals surface area (Å²) in [5.74, 6) is -0.356. The number of hydrogen-bond donors (Lipinski definition) is 2. The Kier molecular flexibility index (Phi) is 6.41. The van der Waals surface area contributed by atoms with Crippen molar-refractivity contribution >= 4 is 38.7 Å². The van der Waals surface area contributed by atoms with Crippen LogP contribution in [-0.2, 0) is 10.0 Å². The molecule has 1 aliphatic heterocycles. The number of halogens is 1. The Labute approximate surface area is 164 Å². The van der Waals surface area contributed by atoms with E-state index in [0.717, 1.165) is 25.7 Å². The van der Waals surface area contributed by atoms with Crippen molar-refractivity contribution in [3.05, 3.63) is 54.3 Å². The highest BCUT2D eigenvalue weighted by Gasteiger charge is 2.24. The Balaban J connectivity index is 1.65. The predicted molar refractivity (Wildman–Crippen MR) is 110 cm³/mol. The fourth-order valence-electron chi connectivity index (χ4n) is 3.00. The molecule has 144 valence electrons. The monoisotopic (exact) mass is 407 g/mol. The Morgan fingerprint density at radius 2 is 1.56 bits per heavy atom. The van der Waals surface area contributed by atoms with Crippen LogP contribution in [0.2, 0.25) is 0 Å². The van der Waals surface area contributed by atoms with Crippen molar-refractivity contribution in [1.29, 1.82) is 0 Å². The first-order chi connectivity index (χ1) is 12.9. The minimum atomic E-state index is -3.47. The molecule has 8 heteroatoms. The van der Waals surface area contributed by atoms with E-state index in [0.29, 0.717) is 29.6 Å². The number of nitrogens with one attached hydrogen (secondary N) is 2. The summed E-state index contributed by atoms with van der Waals surface area (Å²) < 4.78 is 40.3. The van der Waals surface area contributed by atoms with Gasteiger partial charge in [0.2, 0.25) is 10.0 Å². The zero-order valence-electron chi connectivity index (χ0n) is 14.8. The fourth-order valence-corrected chi connectivity index (χ4v) is 4.75. The van der Waals surface area contributed by atoms with Gasteiger partial charge in [-0.3, -0.25) is 0 Å². The van der Waals surface area contributed by atoms with Crippen LogP contribution in [-0.4, -0.2) is 30.9 Å². The third-order valence-electron chi connectivity index (χ3n) is 4.40. The van der Waals surface area contributed by atoms with Crippen LogP contribution < -0.4 is 10.6 Å². The molecule has 0 bridgehead atoms. The lowest BCUT2D eigenvalue weighted by Crippen LogP contribution is -2.31. The van der Waals surface area contributed by atoms with Gasteiger partial charge in [-0.1, -0.05) is 18.9 Å². The topological polar surface area (TPSA) is 61.4 Å². The molecule has 1 fully saturated rings. The first kappa shape index (κ1) is 19.7. The van der Waals surface area contributed by atoms with Gasteiger partial charge in [-0.15, -0.1) is 0 Å². The molecule has 0 atom stereocenters. The molecule has 3 rings (SSSR count). The molecular weight excluding hydrogens is 385 g/mol. The van der Waals surface area contributed by atoms with E-state index >= 15 is 0 Å². The van der Waals surface area contributed by atoms with Crippen molar-refractivity contribution in [3.8, 4) is 0 Å². The van der Waals surface area contributed by atoms with Crippen molar-refractivity contribution in [2.75, 3.05) is 23.7 Å². The molecule has 0 spiro atoms. The number of rotatable bonds is 4. The minimum absolute atomic E-state index is 0.277. The number of nitrogens with zero attached hydrogens (tertiary/aromatic N) is 1. The Morgan fingerprint density at radius 3 is 2.19 bits per heavy atom. The largest absolute Gasteiger partial charge is 0.332 e. The number of sulfonamides is 1. The van der Waals surface area contributed by atoms with Crippen LogP contribution in [0, 0.1) is 5.82 Å². The average molecular weight is 408 g/mol. The lowest BCUT2D eigenvalue weighted by Gasteiger charge is -2.20. The SMILES string of the molecule is O=S(=O)(c1ccc(NC(=S)Nc2cccc(F)c2)cc1)N1CCCCCC1. The van der Waals surface area contributed by atoms with Gasteiger partial charge in [0.15, 0.2) is 5.11 Å². The molecule has 2 N–H and O–H groups in total. The lowest BCUT2D eigenvalue weighted by molar-refractivity contribution is 0.424. The Morgan fingerprint density at radius 1 is 0.926 bits per heavy atom. The minimum Gasteiger partial charge on any atom is -0.332 e. The molecule has 0 unspecified atom stereocenters. The van der Waals surface area contributed by atoms with Crippen LogP contribution >= 0.6 is 12.2 Å². The lowest BCUT2D eigenvalue weighted by atomic mass is 10.2. The highest BCUT2D eigenvalue weighted by Crippen LogP contribution is 2.22. The summed E-state index contributed by atoms with van der Waals surface area (Å²) in [6.07, 6.45) is 3.95. The maximum absolute atomic E-state index is 13.2. The van der Waals surface area contributed by atoms with Crippen LogP contribution in [0.3, 0.4) is 0 Å². The molecule has 1 heterocycles. The maximum atomic E-state index is 13.2. The van der Waals surface area contributed by atoms with Gasteiger partial charge in [-0.2, -0.15) is 4.31 Å². The van der Waals surface area contributed by atoms with Gasteiger partial charge < -0.3 is 10.6 Å². The van der Waals surface area contributed by atoms with Gasteiger partial charge in [0.05, 0.1) is 4.90 Å². The summed E-state index contributed by atoms with van der Waals surface area (Å²) >= 11 is 5.21. The molecule has 0 amide bonds. The van der Waals surface area contributed by atoms with Crippen molar-refractivity contribution < 1.29 is 12.8 Å². The van der Waals surface area contributed by atoms with Crippen LogP contribution in [0.25, 0.3) is 0 Å². The van der Waals surface area contributed by atoms with Crippen LogP contribution in [0.15, 0.2) is 53.4 Å². The van der Waals surface area contributed by atoms with E-state index < -0.39 is 10.0 Å². The molecule has 27 heavy (non-hydrogen) atoms. The van der Waals surface area contributed by atoms with E-state index in [1.165, 1.54) is 12.1 Å². The average Bonchev–Trinajstić information content (AvgIpc) is 2.92. The van der Waals surface area contributed by atoms with Crippen LogP contribution in [0.4, 0.5) is 15.8 Å². The van der Waals surface area contributed by atoms with Crippen LogP contribution in [0.1, 0.15) is 25.7 Å². The fraction of sp³-hybridized carbons (Fsp3) is 0.316. The van der Waals surface area contributed by atoms with Gasteiger partial charge in [-0.25, -0.2) is 12.8 Å². The van der Waals surface area contributed by atoms with Gasteiger partial charge in [0.1, 0.15) is 5.82 Å². The molecule has 0 aromatic heterocycles. The van der Waals surface area contributed by atoms with E-state index in [1.54, 1.807) is 40.7 Å². The molecule has 1 aliphatic rings. The number of hydrogen-bond acceptors (Lipinski definition) is 3. The summed E-state index contributed by atoms with van der Waals surface area (Å²) in [6.45, 7) is 1.15. The Bertz CT molecular complexity index is 893. The molecule has 2 aromatic rings. The third-order valence-corrected chi connectivity index (χ3v) is 6.51. The highest BCUT2D eigenvalue weighted by atomic mass is 32.2. The van der Waals surface area contributed by atoms with E-state index in [2.05, 4.69) is 10.6 Å². The normalized spacial score (nSPS) is 15.7. The van der Waals surface area contributed by atoms with E-state index in [1.807, 2.05) is 0 Å². The molecule has 5 nitrogen and oxygen atoms in total. The van der Waals surface area contributed by atoms with Gasteiger partial charge in [0, 0.05) is 24.5 Å². The van der Waals surface area contributed by atoms with Crippen molar-refractivity contribution in [2.45, 2.75) is 30.6 Å². The highest BCUT2D eigenvalue weighted by molar-refractivity contribution is 7.89. The number of thiocarbonyl (C=S) groups is 1. The van der Waals surface area contributed by atoms with E-state index in [4.69, 9.17) is 12.2 Å². The van der Waals surface area contributed by atoms with E-state index in [-0.39, 0.29) is 10.7 Å². The number of anilines is 2. The summed E-state index contributed by atoms with van der Waals surface area (Å²) in [5.41, 5.74) is 1.19. The first-order valence-electron chi connectivity index (χ1n) is 8.89. The molecular formula is C19H22FN3O2S2. The molecule has 0 radical (unpaired) electrons. The quantitative estimate of drug-likeness (QED) is 0.744. The number of benzene rings is 2. The van der Waals surface area contributed by atoms with Crippen molar-refractivity contribution in [2.24, 2.45) is 0 Å². The standard InChI is InChI=1S/C19H22FN3O2S2/c20-15-6-5-7-17(14-15)22-19(26)21-16-8-10-18(11-9-16)27(24,25)23-12-3-1-2-4-13-23/h5-11,14H,1-4,12-13H2,(H2,21,22,26). The maximum Gasteiger partial charge on any atom is 0.243 e. The second kappa shape index (κ2) is 8.77. The van der Waals surface area contributed by atoms with Gasteiger partial charge in [0.25, 0.3) is 0 Å². The van der Waals surface area contributed by atoms with E-state index in [9.17, 15) is 12.8 Å². The van der Waals surface area contributed by atoms with Crippen molar-refractivity contribution in [3.63, 3.8) is 0 Å². The summed E-state index contributed by atoms with van der Waals surface area (Å²) in [7, 11) is -3.47. The van der Waals surface area contributed by atoms with Gasteiger partial charge in [-0.05, 0) is 67.5 Å². The first-order valence-corrected chi connectivity index (χ1v) is 10.7. The van der Waals surface area contributed by atoms with Crippen molar-refractivity contribution in [1.82, 2.24) is 4.31 Å². The molecule has 2 aromatic carbocycles. The predicted octanol–water partition coefficient (Wildman–Crippen LogP) is 4.20. The summed E-state index contributed by atoms with van der Waals surface area (Å²) in [6, 6.07) is 12.5. The third kappa shape index (κ3) is 5.24. The Hall–Kier alpha value is -2.03. The smallest absolute Gasteiger partial charge is 0.243 e. The van der Waals surface area contributed by atoms with Gasteiger partial charge >= 0.3 is 0 Å². The summed E-state index contributed by atoms with van der Waals surface area (Å²) in [5, 5.41) is 6.15. The molecule has 0 aliphatic carbocycles. The second-order valence-corrected chi connectivity index (χ2v) is 8.78. The molecule has 0 saturated carbocycles.